The van der Waals surface area contributed by atoms with E-state index < -0.39 is 6.03 Å². The second-order valence-electron chi connectivity index (χ2n) is 4.75. The highest BCUT2D eigenvalue weighted by molar-refractivity contribution is 7.98. The van der Waals surface area contributed by atoms with Crippen LogP contribution in [0, 0.1) is 11.3 Å². The van der Waals surface area contributed by atoms with Gasteiger partial charge in [0.2, 0.25) is 0 Å². The summed E-state index contributed by atoms with van der Waals surface area (Å²) >= 11 is 1.51. The molecule has 2 aromatic rings. The average molecular weight is 340 g/mol. The van der Waals surface area contributed by atoms with Crippen LogP contribution in [0.15, 0.2) is 53.4 Å². The van der Waals surface area contributed by atoms with Gasteiger partial charge in [-0.1, -0.05) is 24.3 Å². The van der Waals surface area contributed by atoms with Crippen LogP contribution in [0.5, 0.6) is 0 Å². The van der Waals surface area contributed by atoms with Gasteiger partial charge in [-0.15, -0.1) is 11.8 Å². The SMILES string of the molecule is CNC(=O)NNC(=O)c1ccccc1SCc1ccc(C#N)cc1. The Morgan fingerprint density at radius 1 is 1.08 bits per heavy atom. The summed E-state index contributed by atoms with van der Waals surface area (Å²) in [4.78, 5) is 24.1. The van der Waals surface area contributed by atoms with Gasteiger partial charge >= 0.3 is 6.03 Å². The van der Waals surface area contributed by atoms with Gasteiger partial charge in [0, 0.05) is 17.7 Å². The predicted molar refractivity (Wildman–Crippen MR) is 92.2 cm³/mol. The third-order valence-electron chi connectivity index (χ3n) is 3.13. The van der Waals surface area contributed by atoms with Crippen molar-refractivity contribution in [2.24, 2.45) is 0 Å². The highest BCUT2D eigenvalue weighted by Crippen LogP contribution is 2.26. The first-order valence-corrected chi connectivity index (χ1v) is 8.11. The van der Waals surface area contributed by atoms with Crippen molar-refractivity contribution in [2.75, 3.05) is 7.05 Å². The van der Waals surface area contributed by atoms with Crippen LogP contribution >= 0.6 is 11.8 Å². The first kappa shape index (κ1) is 17.4. The van der Waals surface area contributed by atoms with Gasteiger partial charge in [0.05, 0.1) is 17.2 Å². The average Bonchev–Trinajstić information content (AvgIpc) is 2.64. The Kier molecular flexibility index (Phi) is 6.23. The Balaban J connectivity index is 2.03. The van der Waals surface area contributed by atoms with Gasteiger partial charge in [-0.3, -0.25) is 10.2 Å². The fraction of sp³-hybridized carbons (Fsp3) is 0.118. The van der Waals surface area contributed by atoms with Gasteiger partial charge in [0.1, 0.15) is 0 Å². The number of nitrogens with zero attached hydrogens (tertiary/aromatic N) is 1. The quantitative estimate of drug-likeness (QED) is 0.588. The van der Waals surface area contributed by atoms with Crippen LogP contribution in [0.2, 0.25) is 0 Å². The maximum atomic E-state index is 12.2. The smallest absolute Gasteiger partial charge is 0.333 e. The number of hydrogen-bond acceptors (Lipinski definition) is 4. The molecule has 0 spiro atoms. The number of amides is 3. The fourth-order valence-electron chi connectivity index (χ4n) is 1.86. The van der Waals surface area contributed by atoms with Crippen molar-refractivity contribution in [3.05, 3.63) is 65.2 Å². The Bertz CT molecular complexity index is 769. The van der Waals surface area contributed by atoms with E-state index in [2.05, 4.69) is 22.2 Å². The molecular formula is C17H16N4O2S. The van der Waals surface area contributed by atoms with Crippen molar-refractivity contribution in [3.8, 4) is 6.07 Å². The maximum absolute atomic E-state index is 12.2. The van der Waals surface area contributed by atoms with E-state index in [-0.39, 0.29) is 5.91 Å². The molecule has 0 atom stereocenters. The van der Waals surface area contributed by atoms with E-state index in [4.69, 9.17) is 5.26 Å². The molecule has 0 unspecified atom stereocenters. The van der Waals surface area contributed by atoms with Gasteiger partial charge in [0.25, 0.3) is 5.91 Å². The van der Waals surface area contributed by atoms with E-state index in [0.717, 1.165) is 10.5 Å². The van der Waals surface area contributed by atoms with Crippen molar-refractivity contribution >= 4 is 23.7 Å². The molecule has 0 aliphatic heterocycles. The second kappa shape index (κ2) is 8.60. The molecule has 0 saturated heterocycles. The molecule has 0 fully saturated rings. The third kappa shape index (κ3) is 4.76. The van der Waals surface area contributed by atoms with Gasteiger partial charge < -0.3 is 5.32 Å². The Hall–Kier alpha value is -2.98. The zero-order valence-electron chi connectivity index (χ0n) is 13.0. The first-order chi connectivity index (χ1) is 11.6. The summed E-state index contributed by atoms with van der Waals surface area (Å²) in [5, 5.41) is 11.2. The summed E-state index contributed by atoms with van der Waals surface area (Å²) in [6.07, 6.45) is 0. The van der Waals surface area contributed by atoms with Crippen molar-refractivity contribution in [1.82, 2.24) is 16.2 Å². The monoisotopic (exact) mass is 340 g/mol. The summed E-state index contributed by atoms with van der Waals surface area (Å²) in [6.45, 7) is 0. The zero-order chi connectivity index (χ0) is 17.4. The first-order valence-electron chi connectivity index (χ1n) is 7.13. The third-order valence-corrected chi connectivity index (χ3v) is 4.27. The molecule has 122 valence electrons. The van der Waals surface area contributed by atoms with E-state index in [1.165, 1.54) is 18.8 Å². The van der Waals surface area contributed by atoms with Crippen LogP contribution in [0.1, 0.15) is 21.5 Å². The number of rotatable bonds is 4. The van der Waals surface area contributed by atoms with Crippen LogP contribution < -0.4 is 16.2 Å². The van der Waals surface area contributed by atoms with Gasteiger partial charge in [0.15, 0.2) is 0 Å². The Morgan fingerprint density at radius 2 is 1.79 bits per heavy atom. The normalized spacial score (nSPS) is 9.67. The standard InChI is InChI=1S/C17H16N4O2S/c1-19-17(23)21-20-16(22)14-4-2-3-5-15(14)24-11-13-8-6-12(10-18)7-9-13/h2-9H,11H2,1H3,(H,20,22)(H2,19,21,23). The van der Waals surface area contributed by atoms with Crippen molar-refractivity contribution in [2.45, 2.75) is 10.6 Å². The fourth-order valence-corrected chi connectivity index (χ4v) is 2.87. The van der Waals surface area contributed by atoms with E-state index in [9.17, 15) is 9.59 Å². The number of nitrogens with one attached hydrogen (secondary N) is 3. The molecule has 2 rings (SSSR count). The summed E-state index contributed by atoms with van der Waals surface area (Å²) in [6, 6.07) is 16.1. The number of hydrogen-bond donors (Lipinski definition) is 3. The molecular weight excluding hydrogens is 324 g/mol. The summed E-state index contributed by atoms with van der Waals surface area (Å²) in [7, 11) is 1.46. The molecule has 3 N–H and O–H groups in total. The lowest BCUT2D eigenvalue weighted by atomic mass is 10.2. The van der Waals surface area contributed by atoms with Crippen molar-refractivity contribution < 1.29 is 9.59 Å². The molecule has 6 nitrogen and oxygen atoms in total. The van der Waals surface area contributed by atoms with E-state index in [1.54, 1.807) is 24.3 Å². The number of carbonyl (C=O) groups is 2. The topological polar surface area (TPSA) is 94.0 Å². The van der Waals surface area contributed by atoms with Crippen molar-refractivity contribution in [3.63, 3.8) is 0 Å². The molecule has 0 heterocycles. The van der Waals surface area contributed by atoms with Crippen LogP contribution in [-0.2, 0) is 5.75 Å². The van der Waals surface area contributed by atoms with E-state index >= 15 is 0 Å². The lowest BCUT2D eigenvalue weighted by Gasteiger charge is -2.10. The van der Waals surface area contributed by atoms with Crippen LogP contribution in [0.4, 0.5) is 4.79 Å². The zero-order valence-corrected chi connectivity index (χ0v) is 13.8. The van der Waals surface area contributed by atoms with Gasteiger partial charge in [-0.2, -0.15) is 5.26 Å². The lowest BCUT2D eigenvalue weighted by Crippen LogP contribution is -2.45. The molecule has 24 heavy (non-hydrogen) atoms. The van der Waals surface area contributed by atoms with E-state index in [1.807, 2.05) is 24.3 Å². The Labute approximate surface area is 144 Å². The van der Waals surface area contributed by atoms with Crippen molar-refractivity contribution in [1.29, 1.82) is 5.26 Å². The minimum atomic E-state index is -0.494. The second-order valence-corrected chi connectivity index (χ2v) is 5.77. The summed E-state index contributed by atoms with van der Waals surface area (Å²) in [5.74, 6) is 0.278. The highest BCUT2D eigenvalue weighted by Gasteiger charge is 2.12. The maximum Gasteiger partial charge on any atom is 0.333 e. The summed E-state index contributed by atoms with van der Waals surface area (Å²) < 4.78 is 0. The summed E-state index contributed by atoms with van der Waals surface area (Å²) in [5.41, 5.74) is 6.76. The number of urea groups is 1. The van der Waals surface area contributed by atoms with Crippen LogP contribution in [0.3, 0.4) is 0 Å². The minimum absolute atomic E-state index is 0.387. The Morgan fingerprint density at radius 3 is 2.46 bits per heavy atom. The minimum Gasteiger partial charge on any atom is -0.340 e. The molecule has 0 aromatic heterocycles. The van der Waals surface area contributed by atoms with E-state index in [0.29, 0.717) is 16.9 Å². The molecule has 0 aliphatic rings. The lowest BCUT2D eigenvalue weighted by molar-refractivity contribution is 0.0933. The highest BCUT2D eigenvalue weighted by atomic mass is 32.2. The van der Waals surface area contributed by atoms with Gasteiger partial charge in [-0.05, 0) is 29.8 Å². The molecule has 3 amide bonds. The van der Waals surface area contributed by atoms with Crippen LogP contribution in [0.25, 0.3) is 0 Å². The molecule has 2 aromatic carbocycles. The largest absolute Gasteiger partial charge is 0.340 e. The van der Waals surface area contributed by atoms with Gasteiger partial charge in [-0.25, -0.2) is 10.2 Å². The van der Waals surface area contributed by atoms with Crippen LogP contribution in [-0.4, -0.2) is 19.0 Å². The molecule has 0 aliphatic carbocycles. The number of benzene rings is 2. The predicted octanol–water partition coefficient (Wildman–Crippen LogP) is 2.42. The molecule has 0 saturated carbocycles. The number of thioether (sulfide) groups is 1. The number of hydrazine groups is 1. The molecule has 0 bridgehead atoms. The number of nitriles is 1. The number of carbonyl (C=O) groups excluding carboxylic acids is 2. The molecule has 0 radical (unpaired) electrons. The molecule has 7 heteroatoms.